The number of esters is 1. The van der Waals surface area contributed by atoms with Gasteiger partial charge in [-0.05, 0) is 25.0 Å². The van der Waals surface area contributed by atoms with Gasteiger partial charge in [0.15, 0.2) is 6.61 Å². The monoisotopic (exact) mass is 330 g/mol. The van der Waals surface area contributed by atoms with Crippen LogP contribution in [-0.2, 0) is 24.3 Å². The van der Waals surface area contributed by atoms with Crippen molar-refractivity contribution in [1.29, 1.82) is 0 Å². The van der Waals surface area contributed by atoms with Crippen molar-refractivity contribution in [3.05, 3.63) is 30.1 Å². The van der Waals surface area contributed by atoms with Crippen molar-refractivity contribution in [2.45, 2.75) is 23.8 Å². The predicted octanol–water partition coefficient (Wildman–Crippen LogP) is -0.0742. The molecule has 1 amide bonds. The molecule has 1 aromatic carbocycles. The molecule has 120 valence electrons. The fourth-order valence-electron chi connectivity index (χ4n) is 1.59. The molecule has 22 heavy (non-hydrogen) atoms. The first-order valence-corrected chi connectivity index (χ1v) is 8.06. The first kappa shape index (κ1) is 16.4. The van der Waals surface area contributed by atoms with Gasteiger partial charge in [-0.2, -0.15) is 4.72 Å². The number of hydrogen-bond acceptors (Lipinski definition) is 5. The van der Waals surface area contributed by atoms with E-state index in [0.717, 1.165) is 25.0 Å². The van der Waals surface area contributed by atoms with Gasteiger partial charge in [0.05, 0.1) is 0 Å². The average molecular weight is 330 g/mol. The number of sulfonamides is 1. The highest BCUT2D eigenvalue weighted by atomic mass is 32.2. The first-order chi connectivity index (χ1) is 10.4. The van der Waals surface area contributed by atoms with Gasteiger partial charge >= 0.3 is 5.97 Å². The Bertz CT molecular complexity index is 673. The molecule has 1 aliphatic rings. The molecule has 2 rings (SSSR count). The topological polar surface area (TPSA) is 102 Å². The number of nitrogens with one attached hydrogen (secondary N) is 2. The van der Waals surface area contributed by atoms with Crippen LogP contribution in [0.1, 0.15) is 12.8 Å². The molecule has 0 aromatic heterocycles. The molecular weight excluding hydrogens is 315 g/mol. The highest BCUT2D eigenvalue weighted by Crippen LogP contribution is 2.18. The predicted molar refractivity (Wildman–Crippen MR) is 73.7 cm³/mol. The summed E-state index contributed by atoms with van der Waals surface area (Å²) >= 11 is 0. The maximum atomic E-state index is 13.4. The maximum Gasteiger partial charge on any atom is 0.321 e. The number of halogens is 1. The van der Waals surface area contributed by atoms with Crippen molar-refractivity contribution in [3.63, 3.8) is 0 Å². The van der Waals surface area contributed by atoms with Crippen LogP contribution in [0.15, 0.2) is 29.2 Å². The molecule has 0 atom stereocenters. The molecule has 1 aliphatic carbocycles. The number of carbonyl (C=O) groups is 2. The molecule has 0 spiro atoms. The third kappa shape index (κ3) is 4.78. The van der Waals surface area contributed by atoms with Crippen molar-refractivity contribution < 1.29 is 27.1 Å². The van der Waals surface area contributed by atoms with E-state index >= 15 is 0 Å². The van der Waals surface area contributed by atoms with Gasteiger partial charge in [-0.3, -0.25) is 9.59 Å². The van der Waals surface area contributed by atoms with E-state index < -0.39 is 45.8 Å². The van der Waals surface area contributed by atoms with Gasteiger partial charge in [0.1, 0.15) is 17.3 Å². The average Bonchev–Trinajstić information content (AvgIpc) is 3.27. The molecule has 7 nitrogen and oxygen atoms in total. The Hall–Kier alpha value is -2.00. The minimum Gasteiger partial charge on any atom is -0.455 e. The molecule has 0 aliphatic heterocycles. The summed E-state index contributed by atoms with van der Waals surface area (Å²) in [7, 11) is -4.16. The third-order valence-corrected chi connectivity index (χ3v) is 4.27. The van der Waals surface area contributed by atoms with Gasteiger partial charge in [-0.1, -0.05) is 12.1 Å². The summed E-state index contributed by atoms with van der Waals surface area (Å²) in [6.07, 6.45) is 1.81. The lowest BCUT2D eigenvalue weighted by molar-refractivity contribution is -0.147. The van der Waals surface area contributed by atoms with Crippen molar-refractivity contribution in [1.82, 2.24) is 10.0 Å². The molecule has 1 saturated carbocycles. The van der Waals surface area contributed by atoms with Gasteiger partial charge in [0.2, 0.25) is 10.0 Å². The Labute approximate surface area is 126 Å². The van der Waals surface area contributed by atoms with Crippen molar-refractivity contribution >= 4 is 21.9 Å². The van der Waals surface area contributed by atoms with Gasteiger partial charge < -0.3 is 10.1 Å². The van der Waals surface area contributed by atoms with E-state index in [1.807, 2.05) is 4.72 Å². The molecule has 0 radical (unpaired) electrons. The summed E-state index contributed by atoms with van der Waals surface area (Å²) in [4.78, 5) is 22.1. The smallest absolute Gasteiger partial charge is 0.321 e. The Kier molecular flexibility index (Phi) is 5.09. The van der Waals surface area contributed by atoms with Crippen LogP contribution >= 0.6 is 0 Å². The van der Waals surface area contributed by atoms with Gasteiger partial charge in [-0.15, -0.1) is 0 Å². The third-order valence-electron chi connectivity index (χ3n) is 2.84. The summed E-state index contributed by atoms with van der Waals surface area (Å²) in [6.45, 7) is -1.16. The van der Waals surface area contributed by atoms with E-state index in [0.29, 0.717) is 0 Å². The summed E-state index contributed by atoms with van der Waals surface area (Å²) in [5.74, 6) is -2.29. The van der Waals surface area contributed by atoms with Crippen LogP contribution < -0.4 is 10.0 Å². The summed E-state index contributed by atoms with van der Waals surface area (Å²) in [5.41, 5.74) is 0. The van der Waals surface area contributed by atoms with Crippen molar-refractivity contribution in [2.24, 2.45) is 0 Å². The van der Waals surface area contributed by atoms with Gasteiger partial charge in [0.25, 0.3) is 5.91 Å². The fourth-order valence-corrected chi connectivity index (χ4v) is 2.63. The molecule has 9 heteroatoms. The van der Waals surface area contributed by atoms with Crippen LogP contribution in [0.5, 0.6) is 0 Å². The Balaban J connectivity index is 1.79. The molecule has 1 fully saturated rings. The Morgan fingerprint density at radius 2 is 1.95 bits per heavy atom. The van der Waals surface area contributed by atoms with Gasteiger partial charge in [0, 0.05) is 6.04 Å². The number of benzene rings is 1. The highest BCUT2D eigenvalue weighted by Gasteiger charge is 2.24. The van der Waals surface area contributed by atoms with Crippen LogP contribution in [0, 0.1) is 5.82 Å². The van der Waals surface area contributed by atoms with Crippen molar-refractivity contribution in [3.8, 4) is 0 Å². The molecule has 0 bridgehead atoms. The highest BCUT2D eigenvalue weighted by molar-refractivity contribution is 7.89. The van der Waals surface area contributed by atoms with E-state index in [1.54, 1.807) is 0 Å². The quantitative estimate of drug-likeness (QED) is 0.681. The summed E-state index contributed by atoms with van der Waals surface area (Å²) in [5, 5.41) is 2.61. The van der Waals surface area contributed by atoms with Crippen molar-refractivity contribution in [2.75, 3.05) is 13.2 Å². The minimum absolute atomic E-state index is 0.144. The molecule has 0 unspecified atom stereocenters. The molecule has 2 N–H and O–H groups in total. The van der Waals surface area contributed by atoms with E-state index in [2.05, 4.69) is 10.1 Å². The lowest BCUT2D eigenvalue weighted by Crippen LogP contribution is -2.34. The van der Waals surface area contributed by atoms with Crippen LogP contribution in [-0.4, -0.2) is 39.5 Å². The Morgan fingerprint density at radius 3 is 2.59 bits per heavy atom. The van der Waals surface area contributed by atoms with E-state index in [9.17, 15) is 22.4 Å². The number of hydrogen-bond donors (Lipinski definition) is 2. The van der Waals surface area contributed by atoms with Crippen LogP contribution in [0.2, 0.25) is 0 Å². The summed E-state index contributed by atoms with van der Waals surface area (Å²) < 4.78 is 43.6. The normalized spacial score (nSPS) is 14.4. The van der Waals surface area contributed by atoms with Crippen LogP contribution in [0.4, 0.5) is 4.39 Å². The lowest BCUT2D eigenvalue weighted by atomic mass is 10.4. The van der Waals surface area contributed by atoms with E-state index in [1.165, 1.54) is 12.1 Å². The largest absolute Gasteiger partial charge is 0.455 e. The zero-order valence-corrected chi connectivity index (χ0v) is 12.4. The number of amides is 1. The second-order valence-corrected chi connectivity index (χ2v) is 6.49. The first-order valence-electron chi connectivity index (χ1n) is 6.57. The second-order valence-electron chi connectivity index (χ2n) is 4.76. The Morgan fingerprint density at radius 1 is 1.27 bits per heavy atom. The molecule has 1 aromatic rings. The maximum absolute atomic E-state index is 13.4. The molecule has 0 saturated heterocycles. The number of ether oxygens (including phenoxy) is 1. The fraction of sp³-hybridized carbons (Fsp3) is 0.385. The SMILES string of the molecule is O=C(COC(=O)CNS(=O)(=O)c1ccccc1F)NC1CC1. The van der Waals surface area contributed by atoms with E-state index in [4.69, 9.17) is 0 Å². The van der Waals surface area contributed by atoms with Crippen LogP contribution in [0.3, 0.4) is 0 Å². The van der Waals surface area contributed by atoms with Crippen LogP contribution in [0.25, 0.3) is 0 Å². The zero-order valence-electron chi connectivity index (χ0n) is 11.5. The number of rotatable bonds is 7. The number of carbonyl (C=O) groups excluding carboxylic acids is 2. The summed E-state index contributed by atoms with van der Waals surface area (Å²) in [6, 6.07) is 4.92. The van der Waals surface area contributed by atoms with E-state index in [-0.39, 0.29) is 6.04 Å². The van der Waals surface area contributed by atoms with Gasteiger partial charge in [-0.25, -0.2) is 12.8 Å². The lowest BCUT2D eigenvalue weighted by Gasteiger charge is -2.08. The zero-order chi connectivity index (χ0) is 16.2. The minimum atomic E-state index is -4.16. The molecule has 0 heterocycles. The second kappa shape index (κ2) is 6.84. The standard InChI is InChI=1S/C13H15FN2O5S/c14-10-3-1-2-4-11(10)22(19,20)15-7-13(18)21-8-12(17)16-9-5-6-9/h1-4,9,15H,5-8H2,(H,16,17). The molecular formula is C13H15FN2O5S.